The lowest BCUT2D eigenvalue weighted by molar-refractivity contribution is -0.133. The number of nitrogens with one attached hydrogen (secondary N) is 1. The van der Waals surface area contributed by atoms with E-state index in [1.807, 2.05) is 62.5 Å². The van der Waals surface area contributed by atoms with Crippen molar-refractivity contribution in [2.75, 3.05) is 13.6 Å². The molecule has 1 N–H and O–H groups in total. The van der Waals surface area contributed by atoms with Crippen molar-refractivity contribution in [3.8, 4) is 0 Å². The Kier molecular flexibility index (Phi) is 6.29. The summed E-state index contributed by atoms with van der Waals surface area (Å²) in [5.41, 5.74) is 1.31. The molecule has 0 saturated carbocycles. The quantitative estimate of drug-likeness (QED) is 0.771. The Morgan fingerprint density at radius 2 is 2.00 bits per heavy atom. The number of urea groups is 1. The first-order valence-electron chi connectivity index (χ1n) is 9.37. The molecule has 0 fully saturated rings. The second-order valence-corrected chi connectivity index (χ2v) is 9.39. The van der Waals surface area contributed by atoms with E-state index in [1.165, 1.54) is 9.91 Å². The Hall–Kier alpha value is -2.38. The van der Waals surface area contributed by atoms with Crippen LogP contribution in [0.25, 0.3) is 0 Å². The van der Waals surface area contributed by atoms with Crippen LogP contribution in [0, 0.1) is 0 Å². The maximum Gasteiger partial charge on any atom is 0.318 e. The lowest BCUT2D eigenvalue weighted by Gasteiger charge is -2.28. The Bertz CT molecular complexity index is 921. The van der Waals surface area contributed by atoms with Gasteiger partial charge in [-0.25, -0.2) is 9.80 Å². The molecular weight excluding hydrogens is 408 g/mol. The second-order valence-electron chi connectivity index (χ2n) is 8.04. The normalized spacial score (nSPS) is 16.5. The highest BCUT2D eigenvalue weighted by Crippen LogP contribution is 2.36. The molecule has 0 aliphatic carbocycles. The fourth-order valence-corrected chi connectivity index (χ4v) is 4.07. The number of halogens is 1. The monoisotopic (exact) mass is 432 g/mol. The fraction of sp³-hybridized carbons (Fsp3) is 0.381. The molecule has 3 rings (SSSR count). The zero-order valence-electron chi connectivity index (χ0n) is 17.0. The summed E-state index contributed by atoms with van der Waals surface area (Å²) in [5, 5.41) is 11.5. The average molecular weight is 433 g/mol. The number of benzene rings is 1. The van der Waals surface area contributed by atoms with E-state index in [0.29, 0.717) is 11.4 Å². The molecule has 3 amide bonds. The van der Waals surface area contributed by atoms with Gasteiger partial charge in [-0.2, -0.15) is 5.10 Å². The number of hydrazone groups is 1. The first-order chi connectivity index (χ1) is 13.7. The largest absolute Gasteiger partial charge is 0.333 e. The maximum atomic E-state index is 13.1. The summed E-state index contributed by atoms with van der Waals surface area (Å²) in [6.07, 6.45) is 0.577. The van der Waals surface area contributed by atoms with Crippen molar-refractivity contribution in [1.82, 2.24) is 15.2 Å². The zero-order chi connectivity index (χ0) is 21.2. The van der Waals surface area contributed by atoms with Crippen LogP contribution in [0.5, 0.6) is 0 Å². The molecule has 0 spiro atoms. The Morgan fingerprint density at radius 1 is 1.28 bits per heavy atom. The van der Waals surface area contributed by atoms with Gasteiger partial charge >= 0.3 is 6.03 Å². The van der Waals surface area contributed by atoms with Crippen LogP contribution >= 0.6 is 22.9 Å². The first-order valence-corrected chi connectivity index (χ1v) is 10.6. The van der Waals surface area contributed by atoms with Crippen molar-refractivity contribution >= 4 is 40.6 Å². The van der Waals surface area contributed by atoms with Gasteiger partial charge in [0.2, 0.25) is 0 Å². The number of rotatable bonds is 4. The third kappa shape index (κ3) is 5.16. The highest BCUT2D eigenvalue weighted by molar-refractivity contribution is 7.12. The molecule has 1 aromatic carbocycles. The summed E-state index contributed by atoms with van der Waals surface area (Å²) in [7, 11) is 1.60. The van der Waals surface area contributed by atoms with Crippen molar-refractivity contribution in [1.29, 1.82) is 0 Å². The van der Waals surface area contributed by atoms with E-state index in [4.69, 9.17) is 11.6 Å². The molecule has 1 aromatic heterocycles. The number of carbonyl (C=O) groups is 2. The molecule has 0 unspecified atom stereocenters. The standard InChI is InChI=1S/C21H25ClN4O2S/c1-21(2,3)23-20(28)25(4)13-19(27)26-17(14-8-5-6-9-15(14)22)12-16(24-26)18-10-7-11-29-18/h5-11,17H,12-13H2,1-4H3,(H,23,28)/t17-/m1/s1. The highest BCUT2D eigenvalue weighted by Gasteiger charge is 2.35. The predicted molar refractivity (Wildman–Crippen MR) is 117 cm³/mol. The van der Waals surface area contributed by atoms with E-state index in [1.54, 1.807) is 18.4 Å². The van der Waals surface area contributed by atoms with E-state index in [2.05, 4.69) is 10.4 Å². The Labute approximate surface area is 180 Å². The van der Waals surface area contributed by atoms with Gasteiger partial charge in [-0.05, 0) is 43.8 Å². The number of hydrogen-bond donors (Lipinski definition) is 1. The van der Waals surface area contributed by atoms with Gasteiger partial charge in [0.05, 0.1) is 16.6 Å². The van der Waals surface area contributed by atoms with Crippen molar-refractivity contribution in [3.63, 3.8) is 0 Å². The Morgan fingerprint density at radius 3 is 2.62 bits per heavy atom. The number of nitrogens with zero attached hydrogens (tertiary/aromatic N) is 3. The van der Waals surface area contributed by atoms with Crippen LogP contribution in [0.3, 0.4) is 0 Å². The molecular formula is C21H25ClN4O2S. The minimum atomic E-state index is -0.382. The molecule has 2 heterocycles. The molecule has 6 nitrogen and oxygen atoms in total. The molecule has 1 aliphatic heterocycles. The highest BCUT2D eigenvalue weighted by atomic mass is 35.5. The van der Waals surface area contributed by atoms with Crippen LogP contribution in [0.4, 0.5) is 4.79 Å². The zero-order valence-corrected chi connectivity index (χ0v) is 18.5. The van der Waals surface area contributed by atoms with Gasteiger partial charge < -0.3 is 10.2 Å². The summed E-state index contributed by atoms with van der Waals surface area (Å²) in [6.45, 7) is 5.61. The van der Waals surface area contributed by atoms with Crippen LogP contribution in [0.15, 0.2) is 46.9 Å². The summed E-state index contributed by atoms with van der Waals surface area (Å²) in [4.78, 5) is 27.8. The topological polar surface area (TPSA) is 65.0 Å². The van der Waals surface area contributed by atoms with Crippen LogP contribution < -0.4 is 5.32 Å². The number of carbonyl (C=O) groups excluding carboxylic acids is 2. The van der Waals surface area contributed by atoms with E-state index in [0.717, 1.165) is 16.2 Å². The summed E-state index contributed by atoms with van der Waals surface area (Å²) in [6, 6.07) is 10.8. The predicted octanol–water partition coefficient (Wildman–Crippen LogP) is 4.52. The summed E-state index contributed by atoms with van der Waals surface area (Å²) < 4.78 is 0. The van der Waals surface area contributed by atoms with Crippen molar-refractivity contribution in [2.45, 2.75) is 38.8 Å². The lowest BCUT2D eigenvalue weighted by Crippen LogP contribution is -2.49. The fourth-order valence-electron chi connectivity index (χ4n) is 3.08. The molecule has 1 atom stereocenters. The number of likely N-dealkylation sites (N-methyl/N-ethyl adjacent to an activating group) is 1. The molecule has 8 heteroatoms. The molecule has 1 aliphatic rings. The average Bonchev–Trinajstić information content (AvgIpc) is 3.30. The van der Waals surface area contributed by atoms with Crippen LogP contribution in [-0.2, 0) is 4.79 Å². The first kappa shape index (κ1) is 21.3. The van der Waals surface area contributed by atoms with Gasteiger partial charge in [0.25, 0.3) is 5.91 Å². The molecule has 2 aromatic rings. The van der Waals surface area contributed by atoms with E-state index in [9.17, 15) is 9.59 Å². The van der Waals surface area contributed by atoms with Crippen molar-refractivity contribution in [3.05, 3.63) is 57.2 Å². The summed E-state index contributed by atoms with van der Waals surface area (Å²) >= 11 is 8.00. The maximum absolute atomic E-state index is 13.1. The smallest absolute Gasteiger partial charge is 0.318 e. The number of hydrogen-bond acceptors (Lipinski definition) is 4. The second kappa shape index (κ2) is 8.55. The number of amides is 3. The molecule has 0 radical (unpaired) electrons. The molecule has 29 heavy (non-hydrogen) atoms. The summed E-state index contributed by atoms with van der Waals surface area (Å²) in [5.74, 6) is -0.256. The van der Waals surface area contributed by atoms with Gasteiger partial charge in [0.1, 0.15) is 6.54 Å². The van der Waals surface area contributed by atoms with Crippen molar-refractivity contribution in [2.24, 2.45) is 5.10 Å². The van der Waals surface area contributed by atoms with Crippen LogP contribution in [0.2, 0.25) is 5.02 Å². The van der Waals surface area contributed by atoms with Gasteiger partial charge in [-0.3, -0.25) is 4.79 Å². The minimum absolute atomic E-state index is 0.0793. The Balaban J connectivity index is 1.83. The van der Waals surface area contributed by atoms with E-state index >= 15 is 0 Å². The molecule has 0 saturated heterocycles. The van der Waals surface area contributed by atoms with Gasteiger partial charge in [0.15, 0.2) is 0 Å². The third-order valence-corrected chi connectivity index (χ3v) is 5.70. The SMILES string of the molecule is CN(CC(=O)N1N=C(c2cccs2)C[C@@H]1c1ccccc1Cl)C(=O)NC(C)(C)C. The lowest BCUT2D eigenvalue weighted by atomic mass is 10.0. The molecule has 154 valence electrons. The van der Waals surface area contributed by atoms with Gasteiger partial charge in [0, 0.05) is 24.0 Å². The third-order valence-electron chi connectivity index (χ3n) is 4.44. The van der Waals surface area contributed by atoms with Gasteiger partial charge in [-0.15, -0.1) is 11.3 Å². The van der Waals surface area contributed by atoms with E-state index in [-0.39, 0.29) is 30.1 Å². The van der Waals surface area contributed by atoms with E-state index < -0.39 is 0 Å². The van der Waals surface area contributed by atoms with Gasteiger partial charge in [-0.1, -0.05) is 35.9 Å². The van der Waals surface area contributed by atoms with Crippen LogP contribution in [-0.4, -0.2) is 46.7 Å². The van der Waals surface area contributed by atoms with Crippen molar-refractivity contribution < 1.29 is 9.59 Å². The van der Waals surface area contributed by atoms with Crippen LogP contribution in [0.1, 0.15) is 43.7 Å². The molecule has 0 bridgehead atoms. The number of thiophene rings is 1. The minimum Gasteiger partial charge on any atom is -0.333 e.